The number of rotatable bonds is 3. The molecule has 4 N–H and O–H groups in total. The summed E-state index contributed by atoms with van der Waals surface area (Å²) in [6, 6.07) is 1.96. The number of aryl methyl sites for hydroxylation is 1. The molecule has 1 spiro atoms. The van der Waals surface area contributed by atoms with Gasteiger partial charge in [0, 0.05) is 50.2 Å². The Labute approximate surface area is 319 Å². The van der Waals surface area contributed by atoms with Crippen molar-refractivity contribution in [3.05, 3.63) is 62.7 Å². The van der Waals surface area contributed by atoms with Crippen LogP contribution in [0.15, 0.2) is 18.2 Å². The van der Waals surface area contributed by atoms with Crippen LogP contribution in [0.5, 0.6) is 40.2 Å². The van der Waals surface area contributed by atoms with Crippen LogP contribution in [-0.2, 0) is 32.7 Å². The van der Waals surface area contributed by atoms with Gasteiger partial charge in [0.15, 0.2) is 40.0 Å². The smallest absolute Gasteiger partial charge is 0.331 e. The van der Waals surface area contributed by atoms with Gasteiger partial charge in [-0.25, -0.2) is 4.79 Å². The fourth-order valence-electron chi connectivity index (χ4n) is 9.73. The lowest BCUT2D eigenvalue weighted by atomic mass is 9.73. The molecule has 3 aromatic rings. The van der Waals surface area contributed by atoms with Crippen molar-refractivity contribution in [2.45, 2.75) is 74.8 Å². The normalized spacial score (nSPS) is 30.9. The number of carbonyl (C=O) groups excluding carboxylic acids is 2. The van der Waals surface area contributed by atoms with Gasteiger partial charge in [0.1, 0.15) is 18.6 Å². The van der Waals surface area contributed by atoms with Crippen LogP contribution in [0.1, 0.15) is 71.5 Å². The summed E-state index contributed by atoms with van der Waals surface area (Å²) in [6.45, 7) is 4.52. The first kappa shape index (κ1) is 33.0. The van der Waals surface area contributed by atoms with Gasteiger partial charge < -0.3 is 43.7 Å². The minimum Gasteiger partial charge on any atom is -0.504 e. The molecule has 0 aromatic heterocycles. The number of benzene rings is 3. The molecule has 6 aliphatic heterocycles. The van der Waals surface area contributed by atoms with E-state index in [2.05, 4.69) is 5.32 Å². The highest BCUT2D eigenvalue weighted by molar-refractivity contribution is 7.99. The molecule has 286 valence electrons. The number of phenolic OH excluding ortho intramolecular Hbond substituents is 2. The molecule has 14 nitrogen and oxygen atoms in total. The summed E-state index contributed by atoms with van der Waals surface area (Å²) in [5.74, 6) is -0.568. The first-order valence-corrected chi connectivity index (χ1v) is 18.8. The Morgan fingerprint density at radius 3 is 2.57 bits per heavy atom. The molecule has 7 atom stereocenters. The summed E-state index contributed by atoms with van der Waals surface area (Å²) >= 11 is 0.826. The molecule has 1 saturated heterocycles. The third-order valence-electron chi connectivity index (χ3n) is 12.0. The maximum absolute atomic E-state index is 14.9. The van der Waals surface area contributed by atoms with Crippen LogP contribution in [0.25, 0.3) is 0 Å². The Morgan fingerprint density at radius 2 is 1.83 bits per heavy atom. The Hall–Kier alpha value is -4.41. The zero-order valence-corrected chi connectivity index (χ0v) is 31.5. The van der Waals surface area contributed by atoms with E-state index in [1.54, 1.807) is 6.92 Å². The van der Waals surface area contributed by atoms with Crippen molar-refractivity contribution < 1.29 is 56.1 Å². The van der Waals surface area contributed by atoms with Crippen molar-refractivity contribution in [2.75, 3.05) is 46.9 Å². The molecule has 0 unspecified atom stereocenters. The molecule has 1 fully saturated rings. The van der Waals surface area contributed by atoms with Crippen molar-refractivity contribution >= 4 is 23.7 Å². The minimum atomic E-state index is -2.57. The summed E-state index contributed by atoms with van der Waals surface area (Å²) in [7, 11) is 4.73. The molecule has 6 aliphatic rings. The number of methoxy groups -OCH3 is 2. The number of carbonyl (C=O) groups is 2. The number of cyclic esters (lactones) is 1. The van der Waals surface area contributed by atoms with Crippen molar-refractivity contribution in [1.82, 2.24) is 15.1 Å². The Bertz CT molecular complexity index is 2220. The van der Waals surface area contributed by atoms with E-state index in [4.69, 9.17) is 28.4 Å². The van der Waals surface area contributed by atoms with Gasteiger partial charge in [-0.05, 0) is 68.1 Å². The molecule has 6 heterocycles. The summed E-state index contributed by atoms with van der Waals surface area (Å²) in [5, 5.41) is 37.6. The van der Waals surface area contributed by atoms with Crippen LogP contribution in [0, 0.1) is 13.8 Å². The van der Waals surface area contributed by atoms with Crippen LogP contribution in [0.2, 0.25) is 0 Å². The topological polar surface area (TPSA) is 169 Å². The largest absolute Gasteiger partial charge is 0.504 e. The summed E-state index contributed by atoms with van der Waals surface area (Å²) < 4.78 is 55.9. The fraction of sp³-hybridized carbons (Fsp3) is 0.487. The minimum absolute atomic E-state index is 0.0534. The number of nitrogens with zero attached hydrogens (tertiary/aromatic N) is 2. The van der Waals surface area contributed by atoms with Gasteiger partial charge in [0.05, 0.1) is 37.6 Å². The summed E-state index contributed by atoms with van der Waals surface area (Å²) in [6.07, 6.45) is -0.438. The lowest BCUT2D eigenvalue weighted by Crippen LogP contribution is -2.70. The molecule has 54 heavy (non-hydrogen) atoms. The van der Waals surface area contributed by atoms with Gasteiger partial charge in [-0.15, -0.1) is 11.8 Å². The van der Waals surface area contributed by atoms with Crippen LogP contribution < -0.4 is 29.0 Å². The molecule has 0 aliphatic carbocycles. The average Bonchev–Trinajstić information content (AvgIpc) is 3.64. The lowest BCUT2D eigenvalue weighted by molar-refractivity contribution is -0.186. The van der Waals surface area contributed by atoms with E-state index in [-0.39, 0.29) is 48.5 Å². The van der Waals surface area contributed by atoms with E-state index in [1.165, 1.54) is 33.3 Å². The number of aliphatic hydroxyl groups is 1. The van der Waals surface area contributed by atoms with E-state index in [0.717, 1.165) is 22.9 Å². The van der Waals surface area contributed by atoms with E-state index < -0.39 is 58.8 Å². The van der Waals surface area contributed by atoms with E-state index in [9.17, 15) is 27.7 Å². The standard InChI is InChI=1S/C39H43N3O11S/c1-16-9-20-10-22-37(46)42-23-13-50-38(47)39(21-12-25(48-5)24(44)11-19(21)7-8-40-39)14-54-36(30(42)29(41(22)4)26(20)31(45)32(16)49-6)28-27(23)35-34(51-15-52-35)17(2)33(28)53-18(3)43/h9,11-12,22-23,29-30,36-37,40,44-46H,7-8,10,13-15H2,1-6H3/t22-,23-,29+,30+,36-,37-,39-/m0/s1/i14D2. The van der Waals surface area contributed by atoms with E-state index in [1.807, 2.05) is 29.8 Å². The third-order valence-corrected chi connectivity index (χ3v) is 13.2. The predicted octanol–water partition coefficient (Wildman–Crippen LogP) is 3.41. The second kappa shape index (κ2) is 12.6. The third kappa shape index (κ3) is 4.74. The Morgan fingerprint density at radius 1 is 1.06 bits per heavy atom. The summed E-state index contributed by atoms with van der Waals surface area (Å²) in [4.78, 5) is 31.7. The number of aromatic hydroxyl groups is 2. The van der Waals surface area contributed by atoms with Crippen molar-refractivity contribution in [2.24, 2.45) is 0 Å². The van der Waals surface area contributed by atoms with Crippen LogP contribution in [0.4, 0.5) is 0 Å². The number of likely N-dealkylation sites (N-methyl/N-ethyl adjacent to an activating group) is 1. The molecular formula is C39H43N3O11S. The number of nitrogens with one attached hydrogen (secondary N) is 1. The molecule has 0 amide bonds. The SMILES string of the molecule is [2H]C1([2H])S[C@H]2c3c(OC(C)=O)c(C)c4c(c3[C@H](COC(=O)[C@]13NCCc1cc(O)c(OC)cc13)N1[C@@H]2[C@H]2c3c(cc(C)c(OC)c3O)C[C@@H]([C@@H]1O)N2C)OCO4. The highest BCUT2D eigenvalue weighted by atomic mass is 32.2. The van der Waals surface area contributed by atoms with Gasteiger partial charge in [-0.1, -0.05) is 6.07 Å². The number of hydrogen-bond acceptors (Lipinski definition) is 15. The van der Waals surface area contributed by atoms with Crippen molar-refractivity contribution in [3.63, 3.8) is 0 Å². The second-order valence-electron chi connectivity index (χ2n) is 14.7. The number of aliphatic hydroxyl groups excluding tert-OH is 1. The maximum Gasteiger partial charge on any atom is 0.331 e. The highest BCUT2D eigenvalue weighted by Gasteiger charge is 2.61. The first-order chi connectivity index (χ1) is 26.7. The molecule has 3 aromatic carbocycles. The number of hydrogen-bond donors (Lipinski definition) is 4. The molecule has 15 heteroatoms. The second-order valence-corrected chi connectivity index (χ2v) is 15.6. The number of esters is 2. The van der Waals surface area contributed by atoms with Crippen LogP contribution in [0.3, 0.4) is 0 Å². The fourth-order valence-corrected chi connectivity index (χ4v) is 11.1. The van der Waals surface area contributed by atoms with Crippen LogP contribution >= 0.6 is 11.8 Å². The van der Waals surface area contributed by atoms with Crippen molar-refractivity contribution in [3.8, 4) is 40.2 Å². The van der Waals surface area contributed by atoms with Crippen LogP contribution in [-0.4, -0.2) is 102 Å². The van der Waals surface area contributed by atoms with Gasteiger partial charge in [0.2, 0.25) is 6.79 Å². The highest BCUT2D eigenvalue weighted by Crippen LogP contribution is 2.64. The van der Waals surface area contributed by atoms with E-state index in [0.29, 0.717) is 57.9 Å². The molecular weight excluding hydrogens is 719 g/mol. The number of piperazine rings is 1. The lowest BCUT2D eigenvalue weighted by Gasteiger charge is -2.62. The summed E-state index contributed by atoms with van der Waals surface area (Å²) in [5.41, 5.74) is -0.469. The number of fused-ring (bicyclic) bond motifs is 11. The van der Waals surface area contributed by atoms with Gasteiger partial charge >= 0.3 is 11.9 Å². The van der Waals surface area contributed by atoms with Crippen molar-refractivity contribution in [1.29, 1.82) is 0 Å². The van der Waals surface area contributed by atoms with Gasteiger partial charge in [-0.2, -0.15) is 0 Å². The Kier molecular flexibility index (Phi) is 7.67. The quantitative estimate of drug-likeness (QED) is 0.226. The average molecular weight is 764 g/mol. The molecule has 4 bridgehead atoms. The maximum atomic E-state index is 14.9. The molecule has 0 saturated carbocycles. The number of phenols is 2. The monoisotopic (exact) mass is 763 g/mol. The van der Waals surface area contributed by atoms with E-state index >= 15 is 0 Å². The number of thioether (sulfide) groups is 1. The van der Waals surface area contributed by atoms with Gasteiger partial charge in [-0.3, -0.25) is 19.9 Å². The molecule has 9 rings (SSSR count). The zero-order valence-electron chi connectivity index (χ0n) is 32.6. The Balaban J connectivity index is 1.36. The van der Waals surface area contributed by atoms with Gasteiger partial charge in [0.25, 0.3) is 0 Å². The number of ether oxygens (including phenoxy) is 6. The zero-order chi connectivity index (χ0) is 39.7. The predicted molar refractivity (Wildman–Crippen MR) is 195 cm³/mol. The molecule has 0 radical (unpaired) electrons. The first-order valence-electron chi connectivity index (χ1n) is 18.9.